The van der Waals surface area contributed by atoms with Gasteiger partial charge >= 0.3 is 0 Å². The van der Waals surface area contributed by atoms with Gasteiger partial charge in [0.15, 0.2) is 0 Å². The maximum Gasteiger partial charge on any atom is 0.225 e. The molecule has 2 rings (SSSR count). The maximum absolute atomic E-state index is 12.9. The number of benzene rings is 1. The first-order valence-corrected chi connectivity index (χ1v) is 9.55. The minimum atomic E-state index is -0.260. The molecule has 1 N–H and O–H groups in total. The Kier molecular flexibility index (Phi) is 8.04. The summed E-state index contributed by atoms with van der Waals surface area (Å²) in [6.07, 6.45) is 1.87. The monoisotopic (exact) mass is 363 g/mol. The molecule has 1 aromatic rings. The largest absolute Gasteiger partial charge is 0.356 e. The van der Waals surface area contributed by atoms with Crippen molar-refractivity contribution in [3.8, 4) is 0 Å². The Morgan fingerprint density at radius 1 is 1.27 bits per heavy atom. The van der Waals surface area contributed by atoms with E-state index < -0.39 is 0 Å². The van der Waals surface area contributed by atoms with E-state index in [1.54, 1.807) is 17.0 Å². The lowest BCUT2D eigenvalue weighted by molar-refractivity contribution is -0.129. The first-order valence-electron chi connectivity index (χ1n) is 9.55. The summed E-state index contributed by atoms with van der Waals surface area (Å²) in [7, 11) is 0. The van der Waals surface area contributed by atoms with Crippen LogP contribution in [0.4, 0.5) is 4.39 Å². The van der Waals surface area contributed by atoms with Crippen molar-refractivity contribution < 1.29 is 14.0 Å². The van der Waals surface area contributed by atoms with Crippen molar-refractivity contribution in [3.05, 3.63) is 35.6 Å². The molecule has 2 amide bonds. The predicted octanol–water partition coefficient (Wildman–Crippen LogP) is 2.06. The summed E-state index contributed by atoms with van der Waals surface area (Å²) >= 11 is 0. The third-order valence-corrected chi connectivity index (χ3v) is 5.01. The van der Waals surface area contributed by atoms with Crippen LogP contribution in [0.15, 0.2) is 24.3 Å². The van der Waals surface area contributed by atoms with Gasteiger partial charge in [0, 0.05) is 26.1 Å². The van der Waals surface area contributed by atoms with Crippen molar-refractivity contribution in [2.75, 3.05) is 39.3 Å². The van der Waals surface area contributed by atoms with Gasteiger partial charge in [-0.3, -0.25) is 9.59 Å². The number of likely N-dealkylation sites (tertiary alicyclic amines) is 1. The summed E-state index contributed by atoms with van der Waals surface area (Å²) < 4.78 is 12.9. The third kappa shape index (κ3) is 6.09. The van der Waals surface area contributed by atoms with Crippen LogP contribution in [0.5, 0.6) is 0 Å². The second-order valence-electron chi connectivity index (χ2n) is 6.79. The number of hydrogen-bond donors (Lipinski definition) is 1. The molecule has 26 heavy (non-hydrogen) atoms. The number of halogens is 1. The van der Waals surface area contributed by atoms with Crippen LogP contribution >= 0.6 is 0 Å². The molecule has 1 atom stereocenters. The number of carbonyl (C=O) groups excluding carboxylic acids is 2. The molecule has 1 aliphatic rings. The second-order valence-corrected chi connectivity index (χ2v) is 6.79. The fourth-order valence-corrected chi connectivity index (χ4v) is 3.28. The van der Waals surface area contributed by atoms with E-state index in [1.807, 2.05) is 0 Å². The third-order valence-electron chi connectivity index (χ3n) is 5.01. The summed E-state index contributed by atoms with van der Waals surface area (Å²) in [6, 6.07) is 6.32. The van der Waals surface area contributed by atoms with Gasteiger partial charge in [0.1, 0.15) is 5.82 Å². The standard InChI is InChI=1S/C20H30FN3O2/c1-3-23(4-2)12-5-11-22-20(26)17-14-19(25)24(15-17)13-10-16-6-8-18(21)9-7-16/h6-9,17H,3-5,10-15H2,1-2H3,(H,22,26)/t17-/m1/s1. The molecule has 1 saturated heterocycles. The number of rotatable bonds is 10. The van der Waals surface area contributed by atoms with Crippen molar-refractivity contribution in [3.63, 3.8) is 0 Å². The fourth-order valence-electron chi connectivity index (χ4n) is 3.28. The molecule has 6 heteroatoms. The van der Waals surface area contributed by atoms with E-state index in [0.29, 0.717) is 26.1 Å². The summed E-state index contributed by atoms with van der Waals surface area (Å²) in [5.74, 6) is -0.523. The first-order chi connectivity index (χ1) is 12.5. The molecule has 1 fully saturated rings. The normalized spacial score (nSPS) is 17.2. The summed E-state index contributed by atoms with van der Waals surface area (Å²) in [5, 5.41) is 2.96. The van der Waals surface area contributed by atoms with Crippen molar-refractivity contribution in [2.45, 2.75) is 33.1 Å². The van der Waals surface area contributed by atoms with Gasteiger partial charge < -0.3 is 15.1 Å². The summed E-state index contributed by atoms with van der Waals surface area (Å²) in [4.78, 5) is 28.5. The molecule has 0 bridgehead atoms. The minimum Gasteiger partial charge on any atom is -0.356 e. The van der Waals surface area contributed by atoms with E-state index in [9.17, 15) is 14.0 Å². The van der Waals surface area contributed by atoms with Gasteiger partial charge in [-0.05, 0) is 50.2 Å². The molecular weight excluding hydrogens is 333 g/mol. The average Bonchev–Trinajstić information content (AvgIpc) is 3.02. The molecule has 1 aromatic carbocycles. The maximum atomic E-state index is 12.9. The quantitative estimate of drug-likeness (QED) is 0.648. The van der Waals surface area contributed by atoms with Crippen molar-refractivity contribution in [2.24, 2.45) is 5.92 Å². The van der Waals surface area contributed by atoms with E-state index in [1.165, 1.54) is 12.1 Å². The van der Waals surface area contributed by atoms with Crippen LogP contribution in [0, 0.1) is 11.7 Å². The number of hydrogen-bond acceptors (Lipinski definition) is 3. The molecule has 0 radical (unpaired) electrons. The number of carbonyl (C=O) groups is 2. The number of amides is 2. The van der Waals surface area contributed by atoms with Crippen LogP contribution in [0.1, 0.15) is 32.3 Å². The topological polar surface area (TPSA) is 52.7 Å². The van der Waals surface area contributed by atoms with Gasteiger partial charge in [-0.25, -0.2) is 4.39 Å². The first kappa shape index (κ1) is 20.4. The van der Waals surface area contributed by atoms with Crippen LogP contribution in [0.2, 0.25) is 0 Å². The smallest absolute Gasteiger partial charge is 0.225 e. The van der Waals surface area contributed by atoms with Gasteiger partial charge in [0.05, 0.1) is 5.92 Å². The van der Waals surface area contributed by atoms with Crippen molar-refractivity contribution in [1.29, 1.82) is 0 Å². The Hall–Kier alpha value is -1.95. The molecule has 0 unspecified atom stereocenters. The van der Waals surface area contributed by atoms with Gasteiger partial charge in [0.2, 0.25) is 11.8 Å². The SMILES string of the molecule is CCN(CC)CCCNC(=O)[C@@H]1CC(=O)N(CCc2ccc(F)cc2)C1. The minimum absolute atomic E-state index is 0.0235. The Morgan fingerprint density at radius 2 is 1.96 bits per heavy atom. The van der Waals surface area contributed by atoms with Crippen LogP contribution in [0.3, 0.4) is 0 Å². The summed E-state index contributed by atoms with van der Waals surface area (Å²) in [6.45, 7) is 8.96. The van der Waals surface area contributed by atoms with Crippen molar-refractivity contribution >= 4 is 11.8 Å². The van der Waals surface area contributed by atoms with E-state index in [2.05, 4.69) is 24.1 Å². The zero-order valence-corrected chi connectivity index (χ0v) is 15.8. The van der Waals surface area contributed by atoms with E-state index in [-0.39, 0.29) is 30.0 Å². The highest BCUT2D eigenvalue weighted by Crippen LogP contribution is 2.18. The van der Waals surface area contributed by atoms with E-state index >= 15 is 0 Å². The zero-order chi connectivity index (χ0) is 18.9. The Bertz CT molecular complexity index is 587. The van der Waals surface area contributed by atoms with Crippen LogP contribution in [-0.2, 0) is 16.0 Å². The molecule has 0 aliphatic carbocycles. The zero-order valence-electron chi connectivity index (χ0n) is 15.8. The fraction of sp³-hybridized carbons (Fsp3) is 0.600. The Morgan fingerprint density at radius 3 is 2.62 bits per heavy atom. The van der Waals surface area contributed by atoms with Gasteiger partial charge in [0.25, 0.3) is 0 Å². The highest BCUT2D eigenvalue weighted by Gasteiger charge is 2.33. The van der Waals surface area contributed by atoms with Gasteiger partial charge in [-0.2, -0.15) is 0 Å². The highest BCUT2D eigenvalue weighted by molar-refractivity contribution is 5.89. The predicted molar refractivity (Wildman–Crippen MR) is 100 cm³/mol. The molecule has 1 heterocycles. The molecule has 5 nitrogen and oxygen atoms in total. The Labute approximate surface area is 155 Å². The molecule has 0 spiro atoms. The average molecular weight is 363 g/mol. The van der Waals surface area contributed by atoms with Gasteiger partial charge in [-0.15, -0.1) is 0 Å². The molecule has 144 valence electrons. The van der Waals surface area contributed by atoms with Crippen LogP contribution in [-0.4, -0.2) is 60.9 Å². The number of nitrogens with zero attached hydrogens (tertiary/aromatic N) is 2. The lowest BCUT2D eigenvalue weighted by Crippen LogP contribution is -2.35. The molecular formula is C20H30FN3O2. The molecule has 1 aliphatic heterocycles. The van der Waals surface area contributed by atoms with Crippen molar-refractivity contribution in [1.82, 2.24) is 15.1 Å². The Balaban J connectivity index is 1.70. The van der Waals surface area contributed by atoms with Gasteiger partial charge in [-0.1, -0.05) is 26.0 Å². The van der Waals surface area contributed by atoms with E-state index in [0.717, 1.165) is 31.6 Å². The summed E-state index contributed by atoms with van der Waals surface area (Å²) in [5.41, 5.74) is 0.989. The molecule has 0 saturated carbocycles. The van der Waals surface area contributed by atoms with E-state index in [4.69, 9.17) is 0 Å². The second kappa shape index (κ2) is 10.3. The van der Waals surface area contributed by atoms with Crippen LogP contribution in [0.25, 0.3) is 0 Å². The van der Waals surface area contributed by atoms with Crippen LogP contribution < -0.4 is 5.32 Å². The number of nitrogens with one attached hydrogen (secondary N) is 1. The lowest BCUT2D eigenvalue weighted by atomic mass is 10.1. The highest BCUT2D eigenvalue weighted by atomic mass is 19.1. The molecule has 0 aromatic heterocycles. The lowest BCUT2D eigenvalue weighted by Gasteiger charge is -2.18.